The maximum Gasteiger partial charge on any atom is 0.185 e. The number of carbonyl (C=O) groups is 1. The first-order valence-electron chi connectivity index (χ1n) is 6.70. The van der Waals surface area contributed by atoms with Crippen LogP contribution in [-0.4, -0.2) is 19.0 Å². The molecule has 0 atom stereocenters. The van der Waals surface area contributed by atoms with E-state index in [1.807, 2.05) is 0 Å². The molecule has 0 unspecified atom stereocenters. The Morgan fingerprint density at radius 3 is 2.50 bits per heavy atom. The number of ketones is 1. The zero-order chi connectivity index (χ0) is 15.5. The second-order valence-electron chi connectivity index (χ2n) is 4.73. The zero-order valence-corrected chi connectivity index (χ0v) is 13.0. The van der Waals surface area contributed by atoms with Gasteiger partial charge in [0.1, 0.15) is 13.2 Å². The van der Waals surface area contributed by atoms with Gasteiger partial charge in [0.15, 0.2) is 17.3 Å². The standard InChI is InChI=1S/C17H12Cl2O3/c18-13-4-1-11(9-14(13)19)2-5-15(20)12-3-6-16-17(10-12)22-8-7-21-16/h1-6,9-10H,7-8H2. The van der Waals surface area contributed by atoms with E-state index in [1.54, 1.807) is 42.5 Å². The molecule has 0 saturated heterocycles. The van der Waals surface area contributed by atoms with Crippen molar-refractivity contribution < 1.29 is 14.3 Å². The average molecular weight is 335 g/mol. The van der Waals surface area contributed by atoms with Gasteiger partial charge in [-0.25, -0.2) is 0 Å². The molecule has 3 rings (SSSR count). The van der Waals surface area contributed by atoms with E-state index in [0.29, 0.717) is 40.3 Å². The summed E-state index contributed by atoms with van der Waals surface area (Å²) in [6.07, 6.45) is 3.19. The topological polar surface area (TPSA) is 35.5 Å². The van der Waals surface area contributed by atoms with Gasteiger partial charge < -0.3 is 9.47 Å². The second-order valence-corrected chi connectivity index (χ2v) is 5.54. The lowest BCUT2D eigenvalue weighted by Gasteiger charge is -2.18. The van der Waals surface area contributed by atoms with Crippen LogP contribution in [0.3, 0.4) is 0 Å². The molecular weight excluding hydrogens is 323 g/mol. The quantitative estimate of drug-likeness (QED) is 0.604. The molecule has 0 aromatic heterocycles. The van der Waals surface area contributed by atoms with Crippen LogP contribution in [0.4, 0.5) is 0 Å². The first-order valence-corrected chi connectivity index (χ1v) is 7.46. The number of halogens is 2. The van der Waals surface area contributed by atoms with Gasteiger partial charge in [-0.3, -0.25) is 4.79 Å². The molecule has 2 aromatic rings. The highest BCUT2D eigenvalue weighted by atomic mass is 35.5. The number of fused-ring (bicyclic) bond motifs is 1. The molecule has 1 aliphatic heterocycles. The van der Waals surface area contributed by atoms with E-state index in [4.69, 9.17) is 32.7 Å². The van der Waals surface area contributed by atoms with Crippen molar-refractivity contribution in [1.82, 2.24) is 0 Å². The van der Waals surface area contributed by atoms with Crippen LogP contribution in [0.15, 0.2) is 42.5 Å². The molecule has 0 aliphatic carbocycles. The first-order chi connectivity index (χ1) is 10.6. The Morgan fingerprint density at radius 2 is 1.73 bits per heavy atom. The summed E-state index contributed by atoms with van der Waals surface area (Å²) in [7, 11) is 0. The highest BCUT2D eigenvalue weighted by Crippen LogP contribution is 2.31. The number of carbonyl (C=O) groups excluding carboxylic acids is 1. The predicted molar refractivity (Wildman–Crippen MR) is 87.3 cm³/mol. The summed E-state index contributed by atoms with van der Waals surface area (Å²) >= 11 is 11.8. The van der Waals surface area contributed by atoms with Crippen molar-refractivity contribution in [2.45, 2.75) is 0 Å². The van der Waals surface area contributed by atoms with Crippen LogP contribution in [0.1, 0.15) is 15.9 Å². The molecule has 0 fully saturated rings. The van der Waals surface area contributed by atoms with Crippen LogP contribution in [0.5, 0.6) is 11.5 Å². The number of hydrogen-bond acceptors (Lipinski definition) is 3. The van der Waals surface area contributed by atoms with Crippen molar-refractivity contribution in [3.8, 4) is 11.5 Å². The minimum atomic E-state index is -0.122. The van der Waals surface area contributed by atoms with Gasteiger partial charge in [0.2, 0.25) is 0 Å². The summed E-state index contributed by atoms with van der Waals surface area (Å²) in [6.45, 7) is 1.02. The van der Waals surface area contributed by atoms with Gasteiger partial charge in [-0.15, -0.1) is 0 Å². The minimum Gasteiger partial charge on any atom is -0.486 e. The second kappa shape index (κ2) is 6.42. The van der Waals surface area contributed by atoms with Gasteiger partial charge in [0.05, 0.1) is 10.0 Å². The number of benzene rings is 2. The van der Waals surface area contributed by atoms with Gasteiger partial charge in [-0.2, -0.15) is 0 Å². The predicted octanol–water partition coefficient (Wildman–Crippen LogP) is 4.66. The monoisotopic (exact) mass is 334 g/mol. The molecule has 0 amide bonds. The van der Waals surface area contributed by atoms with E-state index in [0.717, 1.165) is 5.56 Å². The van der Waals surface area contributed by atoms with E-state index < -0.39 is 0 Å². The molecule has 0 spiro atoms. The molecule has 3 nitrogen and oxygen atoms in total. The van der Waals surface area contributed by atoms with Crippen molar-refractivity contribution in [1.29, 1.82) is 0 Å². The zero-order valence-electron chi connectivity index (χ0n) is 11.5. The van der Waals surface area contributed by atoms with Crippen LogP contribution >= 0.6 is 23.2 Å². The summed E-state index contributed by atoms with van der Waals surface area (Å²) in [5.41, 5.74) is 1.35. The van der Waals surface area contributed by atoms with Gasteiger partial charge in [0, 0.05) is 5.56 Å². The number of allylic oxidation sites excluding steroid dienone is 1. The maximum absolute atomic E-state index is 12.2. The minimum absolute atomic E-state index is 0.122. The van der Waals surface area contributed by atoms with Crippen LogP contribution in [0.25, 0.3) is 6.08 Å². The van der Waals surface area contributed by atoms with Crippen molar-refractivity contribution in [3.63, 3.8) is 0 Å². The van der Waals surface area contributed by atoms with Gasteiger partial charge >= 0.3 is 0 Å². The molecule has 0 saturated carbocycles. The summed E-state index contributed by atoms with van der Waals surface area (Å²) in [5.74, 6) is 1.14. The van der Waals surface area contributed by atoms with Gasteiger partial charge in [-0.1, -0.05) is 35.3 Å². The lowest BCUT2D eigenvalue weighted by Crippen LogP contribution is -2.15. The lowest BCUT2D eigenvalue weighted by molar-refractivity contribution is 0.104. The highest BCUT2D eigenvalue weighted by molar-refractivity contribution is 6.42. The number of ether oxygens (including phenoxy) is 2. The maximum atomic E-state index is 12.2. The molecular formula is C17H12Cl2O3. The van der Waals surface area contributed by atoms with Crippen LogP contribution < -0.4 is 9.47 Å². The van der Waals surface area contributed by atoms with Crippen LogP contribution in [-0.2, 0) is 0 Å². The summed E-state index contributed by atoms with van der Waals surface area (Å²) in [5, 5.41) is 0.938. The normalized spacial score (nSPS) is 13.4. The lowest BCUT2D eigenvalue weighted by atomic mass is 10.1. The van der Waals surface area contributed by atoms with Crippen LogP contribution in [0.2, 0.25) is 10.0 Å². The third kappa shape index (κ3) is 3.26. The Hall–Kier alpha value is -1.97. The fourth-order valence-corrected chi connectivity index (χ4v) is 2.39. The van der Waals surface area contributed by atoms with Crippen molar-refractivity contribution >= 4 is 35.1 Å². The fraction of sp³-hybridized carbons (Fsp3) is 0.118. The van der Waals surface area contributed by atoms with E-state index in [-0.39, 0.29) is 5.78 Å². The van der Waals surface area contributed by atoms with Gasteiger partial charge in [-0.05, 0) is 42.0 Å². The number of hydrogen-bond donors (Lipinski definition) is 0. The van der Waals surface area contributed by atoms with Crippen molar-refractivity contribution in [2.75, 3.05) is 13.2 Å². The molecule has 22 heavy (non-hydrogen) atoms. The first kappa shape index (κ1) is 14.9. The molecule has 1 heterocycles. The summed E-state index contributed by atoms with van der Waals surface area (Å²) < 4.78 is 10.9. The van der Waals surface area contributed by atoms with Crippen molar-refractivity contribution in [2.24, 2.45) is 0 Å². The van der Waals surface area contributed by atoms with E-state index in [9.17, 15) is 4.79 Å². The van der Waals surface area contributed by atoms with Crippen molar-refractivity contribution in [3.05, 3.63) is 63.6 Å². The largest absolute Gasteiger partial charge is 0.486 e. The highest BCUT2D eigenvalue weighted by Gasteiger charge is 2.13. The molecule has 1 aliphatic rings. The molecule has 5 heteroatoms. The molecule has 2 aromatic carbocycles. The Bertz CT molecular complexity index is 754. The summed E-state index contributed by atoms with van der Waals surface area (Å²) in [4.78, 5) is 12.2. The Balaban J connectivity index is 1.79. The van der Waals surface area contributed by atoms with E-state index in [1.165, 1.54) is 6.08 Å². The Morgan fingerprint density at radius 1 is 0.955 bits per heavy atom. The third-order valence-corrected chi connectivity index (χ3v) is 3.94. The Labute approximate surface area is 138 Å². The van der Waals surface area contributed by atoms with Crippen LogP contribution in [0, 0.1) is 0 Å². The SMILES string of the molecule is O=C(C=Cc1ccc(Cl)c(Cl)c1)c1ccc2c(c1)OCCO2. The fourth-order valence-electron chi connectivity index (χ4n) is 2.08. The number of rotatable bonds is 3. The molecule has 0 bridgehead atoms. The summed E-state index contributed by atoms with van der Waals surface area (Å²) in [6, 6.07) is 10.3. The molecule has 112 valence electrons. The molecule has 0 N–H and O–H groups in total. The Kier molecular flexibility index (Phi) is 4.36. The van der Waals surface area contributed by atoms with E-state index >= 15 is 0 Å². The third-order valence-electron chi connectivity index (χ3n) is 3.20. The van der Waals surface area contributed by atoms with Gasteiger partial charge in [0.25, 0.3) is 0 Å². The van der Waals surface area contributed by atoms with E-state index in [2.05, 4.69) is 0 Å². The molecule has 0 radical (unpaired) electrons. The smallest absolute Gasteiger partial charge is 0.185 e. The average Bonchev–Trinajstić information content (AvgIpc) is 2.55.